The molecule has 1 aliphatic rings. The van der Waals surface area contributed by atoms with Crippen LogP contribution in [0.5, 0.6) is 0 Å². The molecule has 1 fully saturated rings. The van der Waals surface area contributed by atoms with Crippen molar-refractivity contribution < 1.29 is 18.7 Å². The molecule has 0 aliphatic carbocycles. The maximum Gasteiger partial charge on any atom is 0.323 e. The van der Waals surface area contributed by atoms with E-state index in [-0.39, 0.29) is 23.8 Å². The van der Waals surface area contributed by atoms with Gasteiger partial charge in [-0.05, 0) is 66.6 Å². The fourth-order valence-electron chi connectivity index (χ4n) is 4.97. The van der Waals surface area contributed by atoms with Crippen molar-refractivity contribution in [2.45, 2.75) is 13.3 Å². The van der Waals surface area contributed by atoms with Crippen molar-refractivity contribution in [1.82, 2.24) is 19.9 Å². The molecule has 0 atom stereocenters. The van der Waals surface area contributed by atoms with Crippen LogP contribution in [-0.4, -0.2) is 58.1 Å². The molecule has 3 aromatic carbocycles. The average molecular weight is 593 g/mol. The number of urea groups is 1. The first-order valence-corrected chi connectivity index (χ1v) is 14.0. The van der Waals surface area contributed by atoms with E-state index in [0.717, 1.165) is 33.4 Å². The molecule has 5 aromatic rings. The number of fused-ring (bicyclic) bond motifs is 1. The van der Waals surface area contributed by atoms with Crippen LogP contribution in [-0.2, 0) is 16.0 Å². The Morgan fingerprint density at radius 3 is 2.34 bits per heavy atom. The highest BCUT2D eigenvalue weighted by Gasteiger charge is 2.19. The summed E-state index contributed by atoms with van der Waals surface area (Å²) in [7, 11) is 0. The SMILES string of the molecule is CC(=O)Cc1ccc(NC(=O)Nc2ccc(-c3nc(N4CCOCC4)c4ccc(-c5cnc(N)nc5)cc4n3)cc2)c(F)c1. The summed E-state index contributed by atoms with van der Waals surface area (Å²) in [6, 6.07) is 16.7. The molecular weight excluding hydrogens is 563 g/mol. The Morgan fingerprint density at radius 2 is 1.64 bits per heavy atom. The molecule has 4 N–H and O–H groups in total. The van der Waals surface area contributed by atoms with Gasteiger partial charge in [-0.3, -0.25) is 4.79 Å². The van der Waals surface area contributed by atoms with Crippen LogP contribution in [0.4, 0.5) is 32.3 Å². The first kappa shape index (κ1) is 28.6. The second kappa shape index (κ2) is 12.4. The summed E-state index contributed by atoms with van der Waals surface area (Å²) in [4.78, 5) is 44.1. The van der Waals surface area contributed by atoms with Crippen molar-refractivity contribution in [3.63, 3.8) is 0 Å². The Morgan fingerprint density at radius 1 is 0.909 bits per heavy atom. The zero-order valence-electron chi connectivity index (χ0n) is 23.9. The number of ether oxygens (including phenoxy) is 1. The van der Waals surface area contributed by atoms with Crippen LogP contribution >= 0.6 is 0 Å². The number of nitrogens with two attached hydrogens (primary N) is 1. The lowest BCUT2D eigenvalue weighted by atomic mass is 10.1. The second-order valence-electron chi connectivity index (χ2n) is 10.4. The third kappa shape index (κ3) is 6.45. The Balaban J connectivity index is 1.25. The first-order valence-electron chi connectivity index (χ1n) is 14.0. The molecule has 3 heterocycles. The van der Waals surface area contributed by atoms with E-state index < -0.39 is 11.8 Å². The minimum atomic E-state index is -0.620. The van der Waals surface area contributed by atoms with E-state index in [1.165, 1.54) is 19.1 Å². The number of anilines is 4. The van der Waals surface area contributed by atoms with Gasteiger partial charge in [-0.25, -0.2) is 29.1 Å². The van der Waals surface area contributed by atoms with Gasteiger partial charge < -0.3 is 26.0 Å². The third-order valence-electron chi connectivity index (χ3n) is 7.13. The number of Topliss-reactive ketones (excluding diaryl/α,β-unsaturated/α-hetero) is 1. The van der Waals surface area contributed by atoms with Crippen LogP contribution in [0.25, 0.3) is 33.4 Å². The monoisotopic (exact) mass is 592 g/mol. The van der Waals surface area contributed by atoms with E-state index in [2.05, 4.69) is 25.5 Å². The van der Waals surface area contributed by atoms with Crippen LogP contribution < -0.4 is 21.3 Å². The number of benzene rings is 3. The van der Waals surface area contributed by atoms with Crippen LogP contribution in [0, 0.1) is 5.82 Å². The van der Waals surface area contributed by atoms with E-state index in [9.17, 15) is 14.0 Å². The molecule has 0 radical (unpaired) electrons. The minimum Gasteiger partial charge on any atom is -0.378 e. The van der Waals surface area contributed by atoms with Gasteiger partial charge in [0, 0.05) is 54.1 Å². The van der Waals surface area contributed by atoms with Gasteiger partial charge in [0.2, 0.25) is 5.95 Å². The van der Waals surface area contributed by atoms with Gasteiger partial charge in [0.25, 0.3) is 0 Å². The molecule has 0 spiro atoms. The molecule has 11 nitrogen and oxygen atoms in total. The molecule has 0 unspecified atom stereocenters. The topological polar surface area (TPSA) is 148 Å². The predicted octanol–water partition coefficient (Wildman–Crippen LogP) is 5.09. The quantitative estimate of drug-likeness (QED) is 0.235. The third-order valence-corrected chi connectivity index (χ3v) is 7.13. The summed E-state index contributed by atoms with van der Waals surface area (Å²) >= 11 is 0. The molecule has 12 heteroatoms. The molecule has 0 saturated carbocycles. The molecule has 44 heavy (non-hydrogen) atoms. The molecule has 0 bridgehead atoms. The van der Waals surface area contributed by atoms with Gasteiger partial charge in [0.05, 0.1) is 24.4 Å². The molecule has 2 amide bonds. The maximum absolute atomic E-state index is 14.5. The molecule has 1 aliphatic heterocycles. The van der Waals surface area contributed by atoms with E-state index >= 15 is 0 Å². The average Bonchev–Trinajstić information content (AvgIpc) is 3.02. The summed E-state index contributed by atoms with van der Waals surface area (Å²) in [5.41, 5.74) is 9.93. The number of nitrogens with one attached hydrogen (secondary N) is 2. The molecule has 222 valence electrons. The van der Waals surface area contributed by atoms with Crippen molar-refractivity contribution in [2.24, 2.45) is 0 Å². The van der Waals surface area contributed by atoms with E-state index in [1.54, 1.807) is 30.6 Å². The highest BCUT2D eigenvalue weighted by molar-refractivity contribution is 6.00. The number of halogens is 1. The van der Waals surface area contributed by atoms with Crippen LogP contribution in [0.15, 0.2) is 73.1 Å². The summed E-state index contributed by atoms with van der Waals surface area (Å²) in [6.07, 6.45) is 3.48. The summed E-state index contributed by atoms with van der Waals surface area (Å²) in [5.74, 6) is 0.845. The normalized spacial score (nSPS) is 13.1. The lowest BCUT2D eigenvalue weighted by Gasteiger charge is -2.29. The van der Waals surface area contributed by atoms with Crippen LogP contribution in [0.2, 0.25) is 0 Å². The van der Waals surface area contributed by atoms with Crippen LogP contribution in [0.1, 0.15) is 12.5 Å². The fourth-order valence-corrected chi connectivity index (χ4v) is 4.97. The van der Waals surface area contributed by atoms with Crippen molar-refractivity contribution in [3.8, 4) is 22.5 Å². The minimum absolute atomic E-state index is 0.0107. The summed E-state index contributed by atoms with van der Waals surface area (Å²) < 4.78 is 20.0. The summed E-state index contributed by atoms with van der Waals surface area (Å²) in [5, 5.41) is 6.13. The Labute approximate surface area is 252 Å². The van der Waals surface area contributed by atoms with Crippen molar-refractivity contribution >= 4 is 45.9 Å². The van der Waals surface area contributed by atoms with E-state index in [1.807, 2.05) is 30.3 Å². The number of carbonyl (C=O) groups is 2. The number of nitrogen functional groups attached to an aromatic ring is 1. The predicted molar refractivity (Wildman–Crippen MR) is 167 cm³/mol. The van der Waals surface area contributed by atoms with Gasteiger partial charge >= 0.3 is 6.03 Å². The number of morpholine rings is 1. The van der Waals surface area contributed by atoms with Crippen molar-refractivity contribution in [2.75, 3.05) is 47.6 Å². The number of amides is 2. The fraction of sp³-hybridized carbons (Fsp3) is 0.188. The van der Waals surface area contributed by atoms with E-state index in [0.29, 0.717) is 43.4 Å². The largest absolute Gasteiger partial charge is 0.378 e. The van der Waals surface area contributed by atoms with Gasteiger partial charge in [0.1, 0.15) is 17.4 Å². The number of ketones is 1. The highest BCUT2D eigenvalue weighted by atomic mass is 19.1. The number of nitrogens with zero attached hydrogens (tertiary/aromatic N) is 5. The number of carbonyl (C=O) groups excluding carboxylic acids is 2. The Bertz CT molecular complexity index is 1840. The van der Waals surface area contributed by atoms with Gasteiger partial charge in [-0.1, -0.05) is 12.1 Å². The second-order valence-corrected chi connectivity index (χ2v) is 10.4. The molecule has 1 saturated heterocycles. The van der Waals surface area contributed by atoms with Gasteiger partial charge in [-0.2, -0.15) is 0 Å². The standard InChI is InChI=1S/C32H29FN8O3/c1-19(42)14-20-2-9-27(26(33)15-20)39-32(43)37-24-6-3-21(4-7-24)29-38-28-16-22(23-17-35-31(34)36-18-23)5-8-25(28)30(40-29)41-10-12-44-13-11-41/h2-9,15-18H,10-14H2,1H3,(H2,34,35,36)(H2,37,39,43). The number of rotatable bonds is 7. The van der Waals surface area contributed by atoms with Crippen LogP contribution in [0.3, 0.4) is 0 Å². The lowest BCUT2D eigenvalue weighted by molar-refractivity contribution is -0.116. The zero-order chi connectivity index (χ0) is 30.6. The number of hydrogen-bond donors (Lipinski definition) is 3. The molecule has 6 rings (SSSR count). The molecular formula is C32H29FN8O3. The summed E-state index contributed by atoms with van der Waals surface area (Å²) in [6.45, 7) is 4.06. The van der Waals surface area contributed by atoms with Crippen molar-refractivity contribution in [3.05, 3.63) is 84.4 Å². The zero-order valence-corrected chi connectivity index (χ0v) is 23.9. The lowest BCUT2D eigenvalue weighted by Crippen LogP contribution is -2.37. The Kier molecular flexibility index (Phi) is 8.06. The van der Waals surface area contributed by atoms with E-state index in [4.69, 9.17) is 20.4 Å². The van der Waals surface area contributed by atoms with Gasteiger partial charge in [-0.15, -0.1) is 0 Å². The first-order chi connectivity index (χ1) is 21.3. The van der Waals surface area contributed by atoms with Gasteiger partial charge in [0.15, 0.2) is 5.82 Å². The van der Waals surface area contributed by atoms with Crippen molar-refractivity contribution in [1.29, 1.82) is 0 Å². The number of aromatic nitrogens is 4. The maximum atomic E-state index is 14.5. The molecule has 2 aromatic heterocycles. The Hall–Kier alpha value is -5.49. The smallest absolute Gasteiger partial charge is 0.323 e. The highest BCUT2D eigenvalue weighted by Crippen LogP contribution is 2.32. The number of hydrogen-bond acceptors (Lipinski definition) is 9.